The molecule has 7 aromatic carbocycles. The molecule has 9 rings (SSSR count). The van der Waals surface area contributed by atoms with E-state index in [-0.39, 0.29) is 0 Å². The summed E-state index contributed by atoms with van der Waals surface area (Å²) < 4.78 is 0. The molecule has 0 radical (unpaired) electrons. The first-order valence-electron chi connectivity index (χ1n) is 15.5. The summed E-state index contributed by atoms with van der Waals surface area (Å²) in [4.78, 5) is 8.80. The molecule has 0 N–H and O–H groups in total. The first-order chi connectivity index (χ1) is 22.8. The Labute approximate surface area is 272 Å². The number of benzene rings is 7. The van der Waals surface area contributed by atoms with Crippen LogP contribution in [0.25, 0.3) is 65.3 Å². The Balaban J connectivity index is 1.13. The summed E-state index contributed by atoms with van der Waals surface area (Å²) in [5.41, 5.74) is 12.9. The molecule has 46 heavy (non-hydrogen) atoms. The van der Waals surface area contributed by atoms with Crippen LogP contribution in [0.15, 0.2) is 170 Å². The predicted octanol–water partition coefficient (Wildman–Crippen LogP) is 12.4. The SMILES string of the molecule is c1ccc(-c2cccc(N(c3ccc(-c4nc5c(s4)-c4cccc6cccc-5c46)cc3)c3cccc(-c4ccccc4)c3)c2)cc1. The second-order valence-electron chi connectivity index (χ2n) is 11.6. The molecule has 1 aliphatic carbocycles. The zero-order chi connectivity index (χ0) is 30.5. The number of aromatic nitrogens is 1. The van der Waals surface area contributed by atoms with Gasteiger partial charge in [0.05, 0.1) is 10.6 Å². The van der Waals surface area contributed by atoms with Crippen molar-refractivity contribution in [3.8, 4) is 54.5 Å². The number of rotatable bonds is 6. The number of fused-ring (bicyclic) bond motifs is 3. The largest absolute Gasteiger partial charge is 0.310 e. The summed E-state index contributed by atoms with van der Waals surface area (Å²) in [7, 11) is 0. The van der Waals surface area contributed by atoms with Gasteiger partial charge in [0.15, 0.2) is 0 Å². The maximum atomic E-state index is 5.19. The van der Waals surface area contributed by atoms with E-state index in [1.54, 1.807) is 11.3 Å². The summed E-state index contributed by atoms with van der Waals surface area (Å²) >= 11 is 1.79. The fourth-order valence-corrected chi connectivity index (χ4v) is 7.76. The van der Waals surface area contributed by atoms with Crippen molar-refractivity contribution in [2.75, 3.05) is 4.90 Å². The van der Waals surface area contributed by atoms with Crippen LogP contribution in [0.1, 0.15) is 0 Å². The van der Waals surface area contributed by atoms with E-state index in [0.29, 0.717) is 0 Å². The van der Waals surface area contributed by atoms with Gasteiger partial charge >= 0.3 is 0 Å². The van der Waals surface area contributed by atoms with Crippen molar-refractivity contribution in [1.82, 2.24) is 4.98 Å². The van der Waals surface area contributed by atoms with Crippen LogP contribution in [-0.4, -0.2) is 4.98 Å². The molecule has 1 aromatic heterocycles. The van der Waals surface area contributed by atoms with E-state index in [2.05, 4.69) is 175 Å². The van der Waals surface area contributed by atoms with Gasteiger partial charge in [-0.25, -0.2) is 4.98 Å². The van der Waals surface area contributed by atoms with Gasteiger partial charge in [-0.05, 0) is 81.6 Å². The molecule has 3 heteroatoms. The maximum Gasteiger partial charge on any atom is 0.124 e. The highest BCUT2D eigenvalue weighted by Gasteiger charge is 2.26. The Morgan fingerprint density at radius 2 is 0.957 bits per heavy atom. The lowest BCUT2D eigenvalue weighted by Crippen LogP contribution is -2.10. The fraction of sp³-hybridized carbons (Fsp3) is 0. The highest BCUT2D eigenvalue weighted by atomic mass is 32.1. The van der Waals surface area contributed by atoms with E-state index >= 15 is 0 Å². The molecule has 0 saturated carbocycles. The molecule has 0 saturated heterocycles. The smallest absolute Gasteiger partial charge is 0.124 e. The molecule has 1 heterocycles. The molecule has 0 spiro atoms. The number of anilines is 3. The van der Waals surface area contributed by atoms with Crippen LogP contribution in [-0.2, 0) is 0 Å². The quantitative estimate of drug-likeness (QED) is 0.188. The fourth-order valence-electron chi connectivity index (χ4n) is 6.65. The minimum absolute atomic E-state index is 1.05. The molecule has 1 aliphatic rings. The van der Waals surface area contributed by atoms with Crippen molar-refractivity contribution in [3.63, 3.8) is 0 Å². The Morgan fingerprint density at radius 1 is 0.413 bits per heavy atom. The van der Waals surface area contributed by atoms with E-state index in [1.165, 1.54) is 49.0 Å². The van der Waals surface area contributed by atoms with E-state index in [0.717, 1.165) is 33.3 Å². The van der Waals surface area contributed by atoms with Gasteiger partial charge in [0.1, 0.15) is 5.01 Å². The average Bonchev–Trinajstić information content (AvgIpc) is 3.70. The van der Waals surface area contributed by atoms with Gasteiger partial charge in [0.25, 0.3) is 0 Å². The molecule has 2 nitrogen and oxygen atoms in total. The van der Waals surface area contributed by atoms with Gasteiger partial charge in [0, 0.05) is 33.8 Å². The van der Waals surface area contributed by atoms with E-state index in [9.17, 15) is 0 Å². The lowest BCUT2D eigenvalue weighted by Gasteiger charge is -2.26. The van der Waals surface area contributed by atoms with Crippen LogP contribution in [0, 0.1) is 0 Å². The Kier molecular flexibility index (Phi) is 6.36. The third-order valence-electron chi connectivity index (χ3n) is 8.83. The number of nitrogens with zero attached hydrogens (tertiary/aromatic N) is 2. The van der Waals surface area contributed by atoms with Crippen LogP contribution in [0.4, 0.5) is 17.1 Å². The third-order valence-corrected chi connectivity index (χ3v) is 9.96. The van der Waals surface area contributed by atoms with Crippen LogP contribution in [0.2, 0.25) is 0 Å². The van der Waals surface area contributed by atoms with Gasteiger partial charge in [-0.1, -0.05) is 121 Å². The summed E-state index contributed by atoms with van der Waals surface area (Å²) in [5, 5.41) is 3.65. The molecule has 0 fully saturated rings. The Bertz CT molecular complexity index is 2220. The van der Waals surface area contributed by atoms with Crippen molar-refractivity contribution in [1.29, 1.82) is 0 Å². The maximum absolute atomic E-state index is 5.19. The van der Waals surface area contributed by atoms with E-state index in [4.69, 9.17) is 4.98 Å². The van der Waals surface area contributed by atoms with E-state index in [1.807, 2.05) is 0 Å². The lowest BCUT2D eigenvalue weighted by atomic mass is 10.0. The Morgan fingerprint density at radius 3 is 1.57 bits per heavy atom. The number of hydrogen-bond donors (Lipinski definition) is 0. The molecule has 0 aliphatic heterocycles. The highest BCUT2D eigenvalue weighted by molar-refractivity contribution is 7.19. The molecule has 0 bridgehead atoms. The van der Waals surface area contributed by atoms with Gasteiger partial charge in [-0.2, -0.15) is 0 Å². The van der Waals surface area contributed by atoms with Gasteiger partial charge in [-0.3, -0.25) is 0 Å². The summed E-state index contributed by atoms with van der Waals surface area (Å²) in [6, 6.07) is 60.7. The lowest BCUT2D eigenvalue weighted by molar-refractivity contribution is 1.28. The zero-order valence-corrected chi connectivity index (χ0v) is 25.8. The predicted molar refractivity (Wildman–Crippen MR) is 195 cm³/mol. The number of thiazole rings is 1. The molecule has 8 aromatic rings. The zero-order valence-electron chi connectivity index (χ0n) is 25.0. The van der Waals surface area contributed by atoms with Gasteiger partial charge in [-0.15, -0.1) is 11.3 Å². The van der Waals surface area contributed by atoms with Crippen LogP contribution in [0.3, 0.4) is 0 Å². The molecule has 0 amide bonds. The van der Waals surface area contributed by atoms with Crippen molar-refractivity contribution < 1.29 is 0 Å². The number of hydrogen-bond acceptors (Lipinski definition) is 3. The first kappa shape index (κ1) is 26.6. The minimum atomic E-state index is 1.05. The minimum Gasteiger partial charge on any atom is -0.310 e. The average molecular weight is 605 g/mol. The van der Waals surface area contributed by atoms with Crippen molar-refractivity contribution >= 4 is 39.2 Å². The van der Waals surface area contributed by atoms with Crippen molar-refractivity contribution in [2.45, 2.75) is 0 Å². The molecule has 0 unspecified atom stereocenters. The van der Waals surface area contributed by atoms with E-state index < -0.39 is 0 Å². The second-order valence-corrected chi connectivity index (χ2v) is 12.6. The molecule has 0 atom stereocenters. The monoisotopic (exact) mass is 604 g/mol. The molecular formula is C43H28N2S. The summed E-state index contributed by atoms with van der Waals surface area (Å²) in [5.74, 6) is 0. The first-order valence-corrected chi connectivity index (χ1v) is 16.4. The van der Waals surface area contributed by atoms with Crippen molar-refractivity contribution in [3.05, 3.63) is 170 Å². The standard InChI is InChI=1S/C43H28N2S/c1-3-11-29(12-4-1)33-17-7-19-36(27-33)45(37-20-8-18-34(28-37)30-13-5-2-6-14-30)35-25-23-32(24-26-35)43-44-41-38-21-9-15-31-16-10-22-39(40(31)38)42(41)46-43/h1-28H. The highest BCUT2D eigenvalue weighted by Crippen LogP contribution is 2.51. The van der Waals surface area contributed by atoms with Crippen molar-refractivity contribution in [2.24, 2.45) is 0 Å². The molecular weight excluding hydrogens is 577 g/mol. The van der Waals surface area contributed by atoms with Crippen LogP contribution >= 0.6 is 11.3 Å². The normalized spacial score (nSPS) is 11.5. The Hall–Kier alpha value is -5.77. The van der Waals surface area contributed by atoms with Gasteiger partial charge < -0.3 is 4.90 Å². The second kappa shape index (κ2) is 11.0. The summed E-state index contributed by atoms with van der Waals surface area (Å²) in [6.07, 6.45) is 0. The van der Waals surface area contributed by atoms with Crippen LogP contribution < -0.4 is 4.90 Å². The third kappa shape index (κ3) is 4.52. The molecule has 216 valence electrons. The van der Waals surface area contributed by atoms with Crippen LogP contribution in [0.5, 0.6) is 0 Å². The topological polar surface area (TPSA) is 16.1 Å². The summed E-state index contributed by atoms with van der Waals surface area (Å²) in [6.45, 7) is 0. The van der Waals surface area contributed by atoms with Gasteiger partial charge in [0.2, 0.25) is 0 Å².